The number of carbonyl (C=O) groups excluding carboxylic acids is 1. The molecule has 1 aromatic heterocycles. The van der Waals surface area contributed by atoms with Gasteiger partial charge >= 0.3 is 0 Å². The summed E-state index contributed by atoms with van der Waals surface area (Å²) in [6, 6.07) is 7.18. The highest BCUT2D eigenvalue weighted by atomic mass is 79.9. The summed E-state index contributed by atoms with van der Waals surface area (Å²) >= 11 is 8.84. The van der Waals surface area contributed by atoms with Gasteiger partial charge < -0.3 is 9.73 Å². The van der Waals surface area contributed by atoms with Crippen molar-refractivity contribution < 1.29 is 13.6 Å². The minimum absolute atomic E-state index is 0.0633. The van der Waals surface area contributed by atoms with E-state index in [1.807, 2.05) is 0 Å². The Morgan fingerprint density at radius 2 is 2.12 bits per heavy atom. The first-order valence-corrected chi connectivity index (χ1v) is 5.75. The normalized spacial score (nSPS) is 10.3. The lowest BCUT2D eigenvalue weighted by atomic mass is 10.3. The van der Waals surface area contributed by atoms with Crippen LogP contribution in [0, 0.1) is 5.82 Å². The SMILES string of the molecule is O=C(Nc1c(F)cccc1Cl)c1ccc(Br)o1. The maximum atomic E-state index is 13.4. The number of hydrogen-bond donors (Lipinski definition) is 1. The van der Waals surface area contributed by atoms with Crippen molar-refractivity contribution in [1.29, 1.82) is 0 Å². The molecule has 0 atom stereocenters. The summed E-state index contributed by atoms with van der Waals surface area (Å²) in [4.78, 5) is 11.7. The molecule has 6 heteroatoms. The van der Waals surface area contributed by atoms with Crippen molar-refractivity contribution in [2.45, 2.75) is 0 Å². The van der Waals surface area contributed by atoms with E-state index in [0.717, 1.165) is 0 Å². The third-order valence-corrected chi connectivity index (χ3v) is 2.74. The van der Waals surface area contributed by atoms with E-state index >= 15 is 0 Å². The Morgan fingerprint density at radius 3 is 2.71 bits per heavy atom. The molecule has 2 rings (SSSR count). The minimum atomic E-state index is -0.600. The molecule has 0 saturated heterocycles. The van der Waals surface area contributed by atoms with Gasteiger partial charge in [0.2, 0.25) is 0 Å². The van der Waals surface area contributed by atoms with Gasteiger partial charge in [0.25, 0.3) is 5.91 Å². The first kappa shape index (κ1) is 12.1. The summed E-state index contributed by atoms with van der Waals surface area (Å²) in [5.41, 5.74) is -0.0633. The van der Waals surface area contributed by atoms with Crippen LogP contribution >= 0.6 is 27.5 Å². The second-order valence-corrected chi connectivity index (χ2v) is 4.34. The summed E-state index contributed by atoms with van der Waals surface area (Å²) in [6.07, 6.45) is 0. The van der Waals surface area contributed by atoms with Crippen LogP contribution in [0.15, 0.2) is 39.4 Å². The quantitative estimate of drug-likeness (QED) is 0.906. The molecule has 17 heavy (non-hydrogen) atoms. The van der Waals surface area contributed by atoms with Gasteiger partial charge in [-0.1, -0.05) is 17.7 Å². The van der Waals surface area contributed by atoms with E-state index in [0.29, 0.717) is 4.67 Å². The lowest BCUT2D eigenvalue weighted by Crippen LogP contribution is -2.12. The van der Waals surface area contributed by atoms with E-state index < -0.39 is 11.7 Å². The van der Waals surface area contributed by atoms with Crippen molar-refractivity contribution >= 4 is 39.1 Å². The second-order valence-electron chi connectivity index (χ2n) is 3.15. The topological polar surface area (TPSA) is 42.2 Å². The van der Waals surface area contributed by atoms with E-state index in [4.69, 9.17) is 16.0 Å². The molecule has 1 N–H and O–H groups in total. The van der Waals surface area contributed by atoms with E-state index in [-0.39, 0.29) is 16.5 Å². The molecule has 1 amide bonds. The zero-order valence-electron chi connectivity index (χ0n) is 8.34. The van der Waals surface area contributed by atoms with Crippen molar-refractivity contribution in [3.8, 4) is 0 Å². The van der Waals surface area contributed by atoms with Crippen molar-refractivity contribution in [2.75, 3.05) is 5.32 Å². The lowest BCUT2D eigenvalue weighted by Gasteiger charge is -2.06. The van der Waals surface area contributed by atoms with Gasteiger partial charge in [0.1, 0.15) is 5.82 Å². The predicted octanol–water partition coefficient (Wildman–Crippen LogP) is 4.09. The van der Waals surface area contributed by atoms with Crippen LogP contribution in [0.5, 0.6) is 0 Å². The maximum Gasteiger partial charge on any atom is 0.291 e. The summed E-state index contributed by atoms with van der Waals surface area (Å²) in [6.45, 7) is 0. The van der Waals surface area contributed by atoms with E-state index in [1.165, 1.54) is 24.3 Å². The van der Waals surface area contributed by atoms with Gasteiger partial charge in [0.15, 0.2) is 10.4 Å². The number of carbonyl (C=O) groups is 1. The molecule has 0 aliphatic rings. The molecule has 0 aliphatic carbocycles. The number of halogens is 3. The molecular weight excluding hydrogens is 312 g/mol. The standard InChI is InChI=1S/C11H6BrClFNO2/c12-9-5-4-8(17-9)11(16)15-10-6(13)2-1-3-7(10)14/h1-5H,(H,15,16). The number of rotatable bonds is 2. The first-order valence-electron chi connectivity index (χ1n) is 4.58. The van der Waals surface area contributed by atoms with Crippen LogP contribution in [0.25, 0.3) is 0 Å². The molecular formula is C11H6BrClFNO2. The smallest absolute Gasteiger partial charge is 0.291 e. The average molecular weight is 319 g/mol. The van der Waals surface area contributed by atoms with Gasteiger partial charge in [0, 0.05) is 0 Å². The zero-order valence-corrected chi connectivity index (χ0v) is 10.7. The molecule has 0 unspecified atom stereocenters. The summed E-state index contributed by atoms with van der Waals surface area (Å²) < 4.78 is 18.8. The number of nitrogens with one attached hydrogen (secondary N) is 1. The van der Waals surface area contributed by atoms with Crippen LogP contribution in [-0.2, 0) is 0 Å². The highest BCUT2D eigenvalue weighted by molar-refractivity contribution is 9.10. The van der Waals surface area contributed by atoms with E-state index in [9.17, 15) is 9.18 Å². The van der Waals surface area contributed by atoms with Crippen molar-refractivity contribution in [2.24, 2.45) is 0 Å². The average Bonchev–Trinajstić information content (AvgIpc) is 2.70. The van der Waals surface area contributed by atoms with E-state index in [2.05, 4.69) is 21.2 Å². The Hall–Kier alpha value is -1.33. The molecule has 1 aromatic carbocycles. The van der Waals surface area contributed by atoms with Crippen molar-refractivity contribution in [1.82, 2.24) is 0 Å². The van der Waals surface area contributed by atoms with Crippen LogP contribution in [0.3, 0.4) is 0 Å². The molecule has 1 heterocycles. The number of benzene rings is 1. The number of hydrogen-bond acceptors (Lipinski definition) is 2. The fourth-order valence-corrected chi connectivity index (χ4v) is 1.75. The largest absolute Gasteiger partial charge is 0.444 e. The van der Waals surface area contributed by atoms with Crippen molar-refractivity contribution in [3.63, 3.8) is 0 Å². The van der Waals surface area contributed by atoms with E-state index in [1.54, 1.807) is 6.07 Å². The van der Waals surface area contributed by atoms with Crippen LogP contribution < -0.4 is 5.32 Å². The van der Waals surface area contributed by atoms with Gasteiger partial charge in [0.05, 0.1) is 10.7 Å². The maximum absolute atomic E-state index is 13.4. The predicted molar refractivity (Wildman–Crippen MR) is 65.8 cm³/mol. The Morgan fingerprint density at radius 1 is 1.35 bits per heavy atom. The zero-order chi connectivity index (χ0) is 12.4. The molecule has 3 nitrogen and oxygen atoms in total. The van der Waals surface area contributed by atoms with Crippen LogP contribution in [0.1, 0.15) is 10.6 Å². The Balaban J connectivity index is 2.24. The molecule has 0 radical (unpaired) electrons. The first-order chi connectivity index (χ1) is 8.08. The summed E-state index contributed by atoms with van der Waals surface area (Å²) in [5.74, 6) is -1.10. The molecule has 0 bridgehead atoms. The fourth-order valence-electron chi connectivity index (χ4n) is 1.23. The summed E-state index contributed by atoms with van der Waals surface area (Å²) in [7, 11) is 0. The van der Waals surface area contributed by atoms with Crippen LogP contribution in [0.2, 0.25) is 5.02 Å². The summed E-state index contributed by atoms with van der Waals surface area (Å²) in [5, 5.41) is 2.48. The number of anilines is 1. The minimum Gasteiger partial charge on any atom is -0.444 e. The third-order valence-electron chi connectivity index (χ3n) is 2.00. The monoisotopic (exact) mass is 317 g/mol. The molecule has 2 aromatic rings. The Kier molecular flexibility index (Phi) is 3.49. The Labute approximate surface area is 110 Å². The number of furan rings is 1. The van der Waals surface area contributed by atoms with Crippen molar-refractivity contribution in [3.05, 3.63) is 51.6 Å². The number of para-hydroxylation sites is 1. The molecule has 0 aliphatic heterocycles. The third kappa shape index (κ3) is 2.68. The van der Waals surface area contributed by atoms with Crippen LogP contribution in [0.4, 0.5) is 10.1 Å². The second kappa shape index (κ2) is 4.89. The highest BCUT2D eigenvalue weighted by Gasteiger charge is 2.14. The molecule has 0 spiro atoms. The Bertz CT molecular complexity index is 550. The van der Waals surface area contributed by atoms with Gasteiger partial charge in [-0.25, -0.2) is 4.39 Å². The van der Waals surface area contributed by atoms with Gasteiger partial charge in [-0.3, -0.25) is 4.79 Å². The van der Waals surface area contributed by atoms with Gasteiger partial charge in [-0.2, -0.15) is 0 Å². The lowest BCUT2D eigenvalue weighted by molar-refractivity contribution is 0.0995. The van der Waals surface area contributed by atoms with Crippen LogP contribution in [-0.4, -0.2) is 5.91 Å². The van der Waals surface area contributed by atoms with Gasteiger partial charge in [-0.15, -0.1) is 0 Å². The molecule has 0 fully saturated rings. The highest BCUT2D eigenvalue weighted by Crippen LogP contribution is 2.25. The molecule has 88 valence electrons. The molecule has 0 saturated carbocycles. The fraction of sp³-hybridized carbons (Fsp3) is 0. The van der Waals surface area contributed by atoms with Gasteiger partial charge in [-0.05, 0) is 40.2 Å². The number of amides is 1.